The number of amides is 1. The fourth-order valence-electron chi connectivity index (χ4n) is 2.64. The Morgan fingerprint density at radius 3 is 2.34 bits per heavy atom. The highest BCUT2D eigenvalue weighted by atomic mass is 35.5. The van der Waals surface area contributed by atoms with Gasteiger partial charge in [-0.25, -0.2) is 8.42 Å². The molecular weight excluding hydrogens is 408 g/mol. The molecule has 5 nitrogen and oxygen atoms in total. The zero-order valence-corrected chi connectivity index (χ0v) is 18.3. The van der Waals surface area contributed by atoms with Crippen LogP contribution in [0.15, 0.2) is 65.7 Å². The second kappa shape index (κ2) is 9.67. The average Bonchev–Trinajstić information content (AvgIpc) is 2.70. The predicted octanol–water partition coefficient (Wildman–Crippen LogP) is 5.39. The van der Waals surface area contributed by atoms with E-state index in [1.807, 2.05) is 32.0 Å². The SMILES string of the molecule is CC.Cc1cc(S(C)(=O)=O)ccc1C(=O)Nc1ccc(Cl)c(-c2ccccn2)c1. The van der Waals surface area contributed by atoms with Crippen molar-refractivity contribution in [3.8, 4) is 11.3 Å². The van der Waals surface area contributed by atoms with Crippen molar-refractivity contribution < 1.29 is 13.2 Å². The van der Waals surface area contributed by atoms with Gasteiger partial charge in [0.2, 0.25) is 0 Å². The lowest BCUT2D eigenvalue weighted by Crippen LogP contribution is -2.14. The van der Waals surface area contributed by atoms with E-state index in [9.17, 15) is 13.2 Å². The lowest BCUT2D eigenvalue weighted by atomic mass is 10.1. The molecule has 2 aromatic carbocycles. The fraction of sp³-hybridized carbons (Fsp3) is 0.182. The van der Waals surface area contributed by atoms with Gasteiger partial charge in [0.25, 0.3) is 5.91 Å². The minimum Gasteiger partial charge on any atom is -0.322 e. The van der Waals surface area contributed by atoms with Gasteiger partial charge in [-0.1, -0.05) is 31.5 Å². The Balaban J connectivity index is 0.00000145. The second-order valence-corrected chi connectivity index (χ2v) is 8.54. The number of hydrogen-bond acceptors (Lipinski definition) is 4. The minimum absolute atomic E-state index is 0.181. The maximum absolute atomic E-state index is 12.6. The summed E-state index contributed by atoms with van der Waals surface area (Å²) in [4.78, 5) is 17.1. The molecule has 0 spiro atoms. The van der Waals surface area contributed by atoms with Crippen LogP contribution in [-0.4, -0.2) is 25.6 Å². The van der Waals surface area contributed by atoms with Crippen molar-refractivity contribution in [2.24, 2.45) is 0 Å². The number of hydrogen-bond donors (Lipinski definition) is 1. The zero-order valence-electron chi connectivity index (χ0n) is 16.7. The van der Waals surface area contributed by atoms with Crippen molar-refractivity contribution in [3.63, 3.8) is 0 Å². The van der Waals surface area contributed by atoms with Crippen LogP contribution >= 0.6 is 11.6 Å². The number of nitrogens with one attached hydrogen (secondary N) is 1. The second-order valence-electron chi connectivity index (χ2n) is 6.11. The van der Waals surface area contributed by atoms with Crippen LogP contribution < -0.4 is 5.32 Å². The van der Waals surface area contributed by atoms with Gasteiger partial charge < -0.3 is 5.32 Å². The van der Waals surface area contributed by atoms with Crippen LogP contribution in [-0.2, 0) is 9.84 Å². The number of nitrogens with zero attached hydrogens (tertiary/aromatic N) is 1. The molecule has 0 radical (unpaired) electrons. The quantitative estimate of drug-likeness (QED) is 0.601. The van der Waals surface area contributed by atoms with Gasteiger partial charge in [0, 0.05) is 29.3 Å². The van der Waals surface area contributed by atoms with Crippen LogP contribution in [0, 0.1) is 6.92 Å². The maximum atomic E-state index is 12.6. The number of rotatable bonds is 4. The van der Waals surface area contributed by atoms with Crippen LogP contribution in [0.1, 0.15) is 29.8 Å². The Morgan fingerprint density at radius 2 is 1.76 bits per heavy atom. The van der Waals surface area contributed by atoms with Gasteiger partial charge in [-0.15, -0.1) is 0 Å². The normalized spacial score (nSPS) is 10.7. The highest BCUT2D eigenvalue weighted by Gasteiger charge is 2.14. The summed E-state index contributed by atoms with van der Waals surface area (Å²) in [5, 5.41) is 3.35. The molecule has 0 atom stereocenters. The summed E-state index contributed by atoms with van der Waals surface area (Å²) in [5.74, 6) is -0.332. The topological polar surface area (TPSA) is 76.1 Å². The Morgan fingerprint density at radius 1 is 1.03 bits per heavy atom. The molecule has 1 N–H and O–H groups in total. The summed E-state index contributed by atoms with van der Waals surface area (Å²) < 4.78 is 23.3. The lowest BCUT2D eigenvalue weighted by molar-refractivity contribution is 0.102. The van der Waals surface area contributed by atoms with E-state index in [0.717, 1.165) is 6.26 Å². The molecule has 0 saturated carbocycles. The summed E-state index contributed by atoms with van der Waals surface area (Å²) in [7, 11) is -3.32. The molecular formula is C22H23ClN2O3S. The van der Waals surface area contributed by atoms with Crippen molar-refractivity contribution in [2.45, 2.75) is 25.7 Å². The molecule has 0 aliphatic rings. The molecule has 3 rings (SSSR count). The lowest BCUT2D eigenvalue weighted by Gasteiger charge is -2.11. The third-order valence-electron chi connectivity index (χ3n) is 4.04. The Bertz CT molecular complexity index is 1110. The molecule has 0 aliphatic carbocycles. The Hall–Kier alpha value is -2.70. The third kappa shape index (κ3) is 5.65. The van der Waals surface area contributed by atoms with Gasteiger partial charge in [0.1, 0.15) is 0 Å². The van der Waals surface area contributed by atoms with Crippen molar-refractivity contribution >= 4 is 33.0 Å². The average molecular weight is 431 g/mol. The Labute approximate surface area is 176 Å². The summed E-state index contributed by atoms with van der Waals surface area (Å²) >= 11 is 6.26. The highest BCUT2D eigenvalue weighted by Crippen LogP contribution is 2.29. The van der Waals surface area contributed by atoms with Crippen LogP contribution in [0.5, 0.6) is 0 Å². The minimum atomic E-state index is -3.32. The summed E-state index contributed by atoms with van der Waals surface area (Å²) in [5.41, 5.74) is 2.95. The molecule has 1 heterocycles. The number of sulfone groups is 1. The van der Waals surface area contributed by atoms with E-state index in [2.05, 4.69) is 10.3 Å². The third-order valence-corrected chi connectivity index (χ3v) is 5.48. The van der Waals surface area contributed by atoms with E-state index in [0.29, 0.717) is 33.1 Å². The number of aryl methyl sites for hydroxylation is 1. The van der Waals surface area contributed by atoms with E-state index in [-0.39, 0.29) is 10.8 Å². The molecule has 1 aromatic heterocycles. The van der Waals surface area contributed by atoms with E-state index in [4.69, 9.17) is 11.6 Å². The molecule has 0 unspecified atom stereocenters. The van der Waals surface area contributed by atoms with Gasteiger partial charge >= 0.3 is 0 Å². The zero-order chi connectivity index (χ0) is 21.6. The van der Waals surface area contributed by atoms with Crippen molar-refractivity contribution in [1.82, 2.24) is 4.98 Å². The molecule has 1 amide bonds. The van der Waals surface area contributed by atoms with Crippen molar-refractivity contribution in [1.29, 1.82) is 0 Å². The number of carbonyl (C=O) groups excluding carboxylic acids is 1. The number of halogens is 1. The van der Waals surface area contributed by atoms with Gasteiger partial charge in [0.15, 0.2) is 9.84 Å². The Kier molecular flexibility index (Phi) is 7.53. The molecule has 0 bridgehead atoms. The van der Waals surface area contributed by atoms with Gasteiger partial charge in [-0.3, -0.25) is 9.78 Å². The molecule has 0 aliphatic heterocycles. The number of pyridine rings is 1. The number of aromatic nitrogens is 1. The van der Waals surface area contributed by atoms with Crippen LogP contribution in [0.3, 0.4) is 0 Å². The van der Waals surface area contributed by atoms with Crippen LogP contribution in [0.4, 0.5) is 5.69 Å². The first-order valence-corrected chi connectivity index (χ1v) is 11.4. The van der Waals surface area contributed by atoms with Crippen molar-refractivity contribution in [3.05, 3.63) is 76.9 Å². The molecule has 29 heavy (non-hydrogen) atoms. The summed E-state index contributed by atoms with van der Waals surface area (Å²) in [6.07, 6.45) is 2.80. The van der Waals surface area contributed by atoms with Gasteiger partial charge in [0.05, 0.1) is 15.6 Å². The van der Waals surface area contributed by atoms with E-state index in [1.165, 1.54) is 18.2 Å². The fourth-order valence-corrected chi connectivity index (χ4v) is 3.56. The number of anilines is 1. The van der Waals surface area contributed by atoms with Crippen LogP contribution in [0.2, 0.25) is 5.02 Å². The first-order chi connectivity index (χ1) is 13.8. The first-order valence-electron chi connectivity index (χ1n) is 9.09. The standard InChI is InChI=1S/C20H17ClN2O3S.C2H6/c1-13-11-15(27(2,25)26)7-8-16(13)20(24)23-14-6-9-18(21)17(12-14)19-5-3-4-10-22-19;1-2/h3-12H,1-2H3,(H,23,24);1-2H3. The molecule has 0 saturated heterocycles. The monoisotopic (exact) mass is 430 g/mol. The predicted molar refractivity (Wildman–Crippen MR) is 118 cm³/mol. The maximum Gasteiger partial charge on any atom is 0.255 e. The summed E-state index contributed by atoms with van der Waals surface area (Å²) in [6.45, 7) is 5.70. The van der Waals surface area contributed by atoms with E-state index in [1.54, 1.807) is 31.3 Å². The number of carbonyl (C=O) groups is 1. The van der Waals surface area contributed by atoms with E-state index < -0.39 is 9.84 Å². The van der Waals surface area contributed by atoms with Crippen LogP contribution in [0.25, 0.3) is 11.3 Å². The van der Waals surface area contributed by atoms with Gasteiger partial charge in [-0.05, 0) is 61.0 Å². The number of benzene rings is 2. The van der Waals surface area contributed by atoms with Gasteiger partial charge in [-0.2, -0.15) is 0 Å². The molecule has 3 aromatic rings. The first kappa shape index (κ1) is 22.6. The van der Waals surface area contributed by atoms with Crippen molar-refractivity contribution in [2.75, 3.05) is 11.6 Å². The summed E-state index contributed by atoms with van der Waals surface area (Å²) in [6, 6.07) is 15.1. The highest BCUT2D eigenvalue weighted by molar-refractivity contribution is 7.90. The largest absolute Gasteiger partial charge is 0.322 e. The molecule has 152 valence electrons. The molecule has 0 fully saturated rings. The van der Waals surface area contributed by atoms with E-state index >= 15 is 0 Å². The smallest absolute Gasteiger partial charge is 0.255 e. The molecule has 7 heteroatoms.